The van der Waals surface area contributed by atoms with Crippen molar-refractivity contribution >= 4 is 16.1 Å². The van der Waals surface area contributed by atoms with Gasteiger partial charge in [-0.05, 0) is 43.5 Å². The van der Waals surface area contributed by atoms with Gasteiger partial charge in [-0.1, -0.05) is 0 Å². The van der Waals surface area contributed by atoms with Crippen LogP contribution < -0.4 is 10.1 Å². The second kappa shape index (κ2) is 8.55. The van der Waals surface area contributed by atoms with Gasteiger partial charge in [0.2, 0.25) is 0 Å². The predicted octanol–water partition coefficient (Wildman–Crippen LogP) is 0.855. The lowest BCUT2D eigenvalue weighted by Crippen LogP contribution is -2.46. The predicted molar refractivity (Wildman–Crippen MR) is 101 cm³/mol. The Morgan fingerprint density at radius 3 is 2.41 bits per heavy atom. The van der Waals surface area contributed by atoms with Gasteiger partial charge in [0, 0.05) is 39.4 Å². The van der Waals surface area contributed by atoms with E-state index in [0.29, 0.717) is 50.5 Å². The van der Waals surface area contributed by atoms with Crippen molar-refractivity contribution in [3.05, 3.63) is 29.8 Å². The van der Waals surface area contributed by atoms with Crippen molar-refractivity contribution in [3.63, 3.8) is 0 Å². The minimum absolute atomic E-state index is 0.0334. The Balaban J connectivity index is 1.50. The van der Waals surface area contributed by atoms with Crippen LogP contribution in [0.25, 0.3) is 0 Å². The van der Waals surface area contributed by atoms with Crippen molar-refractivity contribution in [1.29, 1.82) is 0 Å². The Morgan fingerprint density at radius 1 is 1.19 bits per heavy atom. The maximum Gasteiger partial charge on any atom is 0.281 e. The summed E-state index contributed by atoms with van der Waals surface area (Å²) in [6, 6.07) is 7.13. The Morgan fingerprint density at radius 2 is 1.85 bits per heavy atom. The standard InChI is InChI=1S/C18H27N3O5S/c1-20(2)27(23,24)21-10-7-17(8-11-21)26-16-5-3-14(4-6-16)18(22)19-15-9-12-25-13-15/h3-6,15,17H,7-13H2,1-2H3,(H,19,22). The van der Waals surface area contributed by atoms with Gasteiger partial charge >= 0.3 is 0 Å². The van der Waals surface area contributed by atoms with Crippen LogP contribution in [-0.4, -0.2) is 75.5 Å². The topological polar surface area (TPSA) is 88.2 Å². The fourth-order valence-corrected chi connectivity index (χ4v) is 4.34. The number of benzene rings is 1. The first-order chi connectivity index (χ1) is 12.9. The molecule has 2 fully saturated rings. The number of hydrogen-bond acceptors (Lipinski definition) is 5. The van der Waals surface area contributed by atoms with Crippen LogP contribution >= 0.6 is 0 Å². The van der Waals surface area contributed by atoms with Crippen molar-refractivity contribution in [1.82, 2.24) is 13.9 Å². The highest BCUT2D eigenvalue weighted by atomic mass is 32.2. The summed E-state index contributed by atoms with van der Waals surface area (Å²) in [5.74, 6) is 0.573. The van der Waals surface area contributed by atoms with Crippen LogP contribution in [0, 0.1) is 0 Å². The van der Waals surface area contributed by atoms with E-state index in [0.717, 1.165) is 6.42 Å². The van der Waals surface area contributed by atoms with E-state index >= 15 is 0 Å². The SMILES string of the molecule is CN(C)S(=O)(=O)N1CCC(Oc2ccc(C(=O)NC3CCOC3)cc2)CC1. The van der Waals surface area contributed by atoms with Gasteiger partial charge in [-0.3, -0.25) is 4.79 Å². The zero-order chi connectivity index (χ0) is 19.4. The molecular weight excluding hydrogens is 370 g/mol. The van der Waals surface area contributed by atoms with E-state index in [1.165, 1.54) is 22.7 Å². The number of piperidine rings is 1. The van der Waals surface area contributed by atoms with Gasteiger partial charge < -0.3 is 14.8 Å². The first kappa shape index (κ1) is 20.1. The summed E-state index contributed by atoms with van der Waals surface area (Å²) in [4.78, 5) is 12.2. The van der Waals surface area contributed by atoms with Crippen LogP contribution in [0.5, 0.6) is 5.75 Å². The molecule has 3 rings (SSSR count). The maximum absolute atomic E-state index is 12.2. The van der Waals surface area contributed by atoms with Crippen molar-refractivity contribution < 1.29 is 22.7 Å². The number of amides is 1. The quantitative estimate of drug-likeness (QED) is 0.769. The van der Waals surface area contributed by atoms with Crippen LogP contribution in [0.15, 0.2) is 24.3 Å². The molecule has 0 aliphatic carbocycles. The molecule has 0 bridgehead atoms. The summed E-state index contributed by atoms with van der Waals surface area (Å²) >= 11 is 0. The minimum Gasteiger partial charge on any atom is -0.490 e. The maximum atomic E-state index is 12.2. The Labute approximate surface area is 160 Å². The molecular formula is C18H27N3O5S. The van der Waals surface area contributed by atoms with Crippen molar-refractivity contribution in [2.75, 3.05) is 40.4 Å². The van der Waals surface area contributed by atoms with Crippen LogP contribution in [0.3, 0.4) is 0 Å². The van der Waals surface area contributed by atoms with Gasteiger partial charge in [-0.25, -0.2) is 0 Å². The number of hydrogen-bond donors (Lipinski definition) is 1. The number of nitrogens with one attached hydrogen (secondary N) is 1. The molecule has 1 aromatic rings. The molecule has 1 unspecified atom stereocenters. The van der Waals surface area contributed by atoms with E-state index in [1.807, 2.05) is 0 Å². The van der Waals surface area contributed by atoms with Crippen molar-refractivity contribution in [3.8, 4) is 5.75 Å². The summed E-state index contributed by atoms with van der Waals surface area (Å²) in [6.07, 6.45) is 2.08. The molecule has 2 aliphatic rings. The fourth-order valence-electron chi connectivity index (χ4n) is 3.21. The van der Waals surface area contributed by atoms with Crippen LogP contribution in [0.2, 0.25) is 0 Å². The highest BCUT2D eigenvalue weighted by Gasteiger charge is 2.30. The fraction of sp³-hybridized carbons (Fsp3) is 0.611. The van der Waals surface area contributed by atoms with E-state index in [9.17, 15) is 13.2 Å². The van der Waals surface area contributed by atoms with Crippen molar-refractivity contribution in [2.24, 2.45) is 0 Å². The molecule has 0 radical (unpaired) electrons. The van der Waals surface area contributed by atoms with E-state index in [1.54, 1.807) is 24.3 Å². The van der Waals surface area contributed by atoms with Gasteiger partial charge in [0.05, 0.1) is 12.6 Å². The third-order valence-electron chi connectivity index (χ3n) is 4.87. The monoisotopic (exact) mass is 397 g/mol. The zero-order valence-corrected chi connectivity index (χ0v) is 16.6. The van der Waals surface area contributed by atoms with E-state index in [2.05, 4.69) is 5.32 Å². The third kappa shape index (κ3) is 4.98. The molecule has 2 aliphatic heterocycles. The van der Waals surface area contributed by atoms with Crippen molar-refractivity contribution in [2.45, 2.75) is 31.4 Å². The zero-order valence-electron chi connectivity index (χ0n) is 15.8. The molecule has 1 N–H and O–H groups in total. The molecule has 1 atom stereocenters. The third-order valence-corrected chi connectivity index (χ3v) is 6.81. The smallest absolute Gasteiger partial charge is 0.281 e. The molecule has 0 spiro atoms. The molecule has 1 aromatic carbocycles. The molecule has 8 nitrogen and oxygen atoms in total. The first-order valence-electron chi connectivity index (χ1n) is 9.19. The number of carbonyl (C=O) groups is 1. The molecule has 1 amide bonds. The second-order valence-corrected chi connectivity index (χ2v) is 9.21. The number of nitrogens with zero attached hydrogens (tertiary/aromatic N) is 2. The number of carbonyl (C=O) groups excluding carboxylic acids is 1. The van der Waals surface area contributed by atoms with Crippen LogP contribution in [0.1, 0.15) is 29.6 Å². The summed E-state index contributed by atoms with van der Waals surface area (Å²) in [6.45, 7) is 2.13. The van der Waals surface area contributed by atoms with Gasteiger partial charge in [0.15, 0.2) is 0 Å². The van der Waals surface area contributed by atoms with E-state index in [-0.39, 0.29) is 18.1 Å². The summed E-state index contributed by atoms with van der Waals surface area (Å²) < 4.78 is 38.2. The van der Waals surface area contributed by atoms with Gasteiger partial charge in [0.1, 0.15) is 11.9 Å². The lowest BCUT2D eigenvalue weighted by Gasteiger charge is -2.32. The number of ether oxygens (including phenoxy) is 2. The Kier molecular flexibility index (Phi) is 6.36. The highest BCUT2D eigenvalue weighted by molar-refractivity contribution is 7.86. The molecule has 2 heterocycles. The highest BCUT2D eigenvalue weighted by Crippen LogP contribution is 2.21. The van der Waals surface area contributed by atoms with E-state index < -0.39 is 10.2 Å². The Hall–Kier alpha value is -1.68. The molecule has 150 valence electrons. The van der Waals surface area contributed by atoms with Gasteiger partial charge in [-0.2, -0.15) is 17.0 Å². The summed E-state index contributed by atoms with van der Waals surface area (Å²) in [7, 11) is -0.290. The van der Waals surface area contributed by atoms with Crippen LogP contribution in [0.4, 0.5) is 0 Å². The average molecular weight is 397 g/mol. The van der Waals surface area contributed by atoms with Crippen LogP contribution in [-0.2, 0) is 14.9 Å². The molecule has 27 heavy (non-hydrogen) atoms. The minimum atomic E-state index is -3.36. The average Bonchev–Trinajstić information content (AvgIpc) is 3.15. The lowest BCUT2D eigenvalue weighted by atomic mass is 10.1. The summed E-state index contributed by atoms with van der Waals surface area (Å²) in [5, 5.41) is 2.95. The summed E-state index contributed by atoms with van der Waals surface area (Å²) in [5.41, 5.74) is 0.584. The second-order valence-electron chi connectivity index (χ2n) is 7.06. The lowest BCUT2D eigenvalue weighted by molar-refractivity contribution is 0.0930. The Bertz CT molecular complexity index is 737. The molecule has 9 heteroatoms. The normalized spacial score (nSPS) is 22.1. The first-order valence-corrected chi connectivity index (χ1v) is 10.6. The van der Waals surface area contributed by atoms with Gasteiger partial charge in [-0.15, -0.1) is 0 Å². The molecule has 2 saturated heterocycles. The molecule has 0 aromatic heterocycles. The van der Waals surface area contributed by atoms with Gasteiger partial charge in [0.25, 0.3) is 16.1 Å². The number of rotatable bonds is 6. The van der Waals surface area contributed by atoms with E-state index in [4.69, 9.17) is 9.47 Å². The molecule has 0 saturated carbocycles. The largest absolute Gasteiger partial charge is 0.490 e.